The van der Waals surface area contributed by atoms with E-state index in [1.165, 1.54) is 18.9 Å². The van der Waals surface area contributed by atoms with Crippen LogP contribution in [0.4, 0.5) is 0 Å². The Morgan fingerprint density at radius 1 is 1.22 bits per heavy atom. The summed E-state index contributed by atoms with van der Waals surface area (Å²) in [5.41, 5.74) is 5.66. The number of esters is 1. The fourth-order valence-corrected chi connectivity index (χ4v) is 5.47. The Balaban J connectivity index is 2.66. The van der Waals surface area contributed by atoms with E-state index in [4.69, 9.17) is 10.8 Å². The summed E-state index contributed by atoms with van der Waals surface area (Å²) in [5.74, 6) is -0.910. The van der Waals surface area contributed by atoms with E-state index < -0.39 is 18.1 Å². The van der Waals surface area contributed by atoms with Crippen molar-refractivity contribution in [2.24, 2.45) is 17.6 Å². The molecule has 2 unspecified atom stereocenters. The predicted molar refractivity (Wildman–Crippen MR) is 127 cm³/mol. The van der Waals surface area contributed by atoms with Crippen molar-refractivity contribution < 1.29 is 29.3 Å². The van der Waals surface area contributed by atoms with Crippen molar-refractivity contribution >= 4 is 29.5 Å². The summed E-state index contributed by atoms with van der Waals surface area (Å²) < 4.78 is 4.65. The molecule has 0 aromatic rings. The molecule has 0 aromatic carbocycles. The zero-order valence-corrected chi connectivity index (χ0v) is 20.4. The van der Waals surface area contributed by atoms with Crippen molar-refractivity contribution in [3.05, 3.63) is 12.2 Å². The Bertz CT molecular complexity index is 611. The molecule has 1 rings (SSSR count). The smallest absolute Gasteiger partial charge is 0.321 e. The number of ether oxygens (including phenoxy) is 1. The summed E-state index contributed by atoms with van der Waals surface area (Å²) in [6.45, 7) is 2.12. The Morgan fingerprint density at radius 3 is 2.59 bits per heavy atom. The maximum Gasteiger partial charge on any atom is 0.321 e. The topological polar surface area (TPSA) is 127 Å². The van der Waals surface area contributed by atoms with Crippen LogP contribution in [-0.4, -0.2) is 58.2 Å². The quantitative estimate of drug-likeness (QED) is 0.166. The lowest BCUT2D eigenvalue weighted by Gasteiger charge is -2.22. The molecular formula is C24H41NO6S. The first kappa shape index (κ1) is 28.7. The Kier molecular flexibility index (Phi) is 14.6. The van der Waals surface area contributed by atoms with Crippen molar-refractivity contribution in [1.82, 2.24) is 0 Å². The molecule has 1 saturated carbocycles. The summed E-state index contributed by atoms with van der Waals surface area (Å²) in [6, 6.07) is -0.951. The van der Waals surface area contributed by atoms with E-state index in [9.17, 15) is 19.5 Å². The summed E-state index contributed by atoms with van der Waals surface area (Å²) in [5, 5.41) is 19.3. The molecule has 0 bridgehead atoms. The van der Waals surface area contributed by atoms with E-state index in [1.54, 1.807) is 0 Å². The molecule has 0 heterocycles. The lowest BCUT2D eigenvalue weighted by molar-refractivity contribution is -0.141. The van der Waals surface area contributed by atoms with Crippen molar-refractivity contribution in [2.45, 2.75) is 94.9 Å². The average molecular weight is 472 g/mol. The van der Waals surface area contributed by atoms with Crippen LogP contribution in [0, 0.1) is 11.8 Å². The molecule has 0 aromatic heterocycles. The van der Waals surface area contributed by atoms with Crippen molar-refractivity contribution in [1.29, 1.82) is 0 Å². The molecule has 0 aliphatic heterocycles. The van der Waals surface area contributed by atoms with Gasteiger partial charge in [0.1, 0.15) is 11.8 Å². The minimum Gasteiger partial charge on any atom is -0.480 e. The number of ketones is 1. The highest BCUT2D eigenvalue weighted by atomic mass is 32.2. The summed E-state index contributed by atoms with van der Waals surface area (Å²) in [6.07, 6.45) is 12.2. The third kappa shape index (κ3) is 11.0. The number of hydrogen-bond donors (Lipinski definition) is 3. The lowest BCUT2D eigenvalue weighted by atomic mass is 9.89. The second kappa shape index (κ2) is 16.3. The SMILES string of the molecule is CCCCC[C@H](O)/C=C/[C@H]1C(SCC(N)C(=O)O)CC(=O)[C@@H]1CCCCCCC(=O)OC. The van der Waals surface area contributed by atoms with Crippen LogP contribution in [0.1, 0.15) is 77.6 Å². The van der Waals surface area contributed by atoms with E-state index in [0.29, 0.717) is 19.3 Å². The number of carboxylic acids is 1. The van der Waals surface area contributed by atoms with Gasteiger partial charge in [0.05, 0.1) is 13.2 Å². The first-order valence-corrected chi connectivity index (χ1v) is 12.9. The molecule has 5 atom stereocenters. The maximum absolute atomic E-state index is 12.8. The van der Waals surface area contributed by atoms with E-state index in [-0.39, 0.29) is 34.6 Å². The third-order valence-electron chi connectivity index (χ3n) is 6.05. The number of unbranched alkanes of at least 4 members (excludes halogenated alkanes) is 5. The van der Waals surface area contributed by atoms with Gasteiger partial charge in [-0.25, -0.2) is 0 Å². The Labute approximate surface area is 196 Å². The molecule has 4 N–H and O–H groups in total. The maximum atomic E-state index is 12.8. The first-order valence-electron chi connectivity index (χ1n) is 11.9. The van der Waals surface area contributed by atoms with E-state index >= 15 is 0 Å². The van der Waals surface area contributed by atoms with Gasteiger partial charge >= 0.3 is 11.9 Å². The molecule has 32 heavy (non-hydrogen) atoms. The molecule has 0 radical (unpaired) electrons. The van der Waals surface area contributed by atoms with Crippen LogP contribution >= 0.6 is 11.8 Å². The minimum atomic E-state index is -1.04. The van der Waals surface area contributed by atoms with Crippen LogP contribution in [-0.2, 0) is 19.1 Å². The second-order valence-electron chi connectivity index (χ2n) is 8.65. The summed E-state index contributed by atoms with van der Waals surface area (Å²) in [4.78, 5) is 35.0. The molecule has 8 heteroatoms. The molecule has 1 aliphatic carbocycles. The number of aliphatic carboxylic acids is 1. The van der Waals surface area contributed by atoms with Crippen molar-refractivity contribution in [2.75, 3.05) is 12.9 Å². The van der Waals surface area contributed by atoms with Gasteiger partial charge in [-0.15, -0.1) is 0 Å². The fraction of sp³-hybridized carbons (Fsp3) is 0.792. The lowest BCUT2D eigenvalue weighted by Crippen LogP contribution is -2.33. The third-order valence-corrected chi connectivity index (χ3v) is 7.51. The van der Waals surface area contributed by atoms with Crippen LogP contribution in [0.25, 0.3) is 0 Å². The number of carboxylic acid groups (broad SMARTS) is 1. The summed E-state index contributed by atoms with van der Waals surface area (Å²) in [7, 11) is 1.39. The average Bonchev–Trinajstić information content (AvgIpc) is 3.06. The number of rotatable bonds is 17. The predicted octanol–water partition coefficient (Wildman–Crippen LogP) is 3.72. The van der Waals surface area contributed by atoms with Gasteiger partial charge in [-0.05, 0) is 25.2 Å². The van der Waals surface area contributed by atoms with E-state index in [2.05, 4.69) is 11.7 Å². The number of aliphatic hydroxyl groups excluding tert-OH is 1. The highest BCUT2D eigenvalue weighted by Gasteiger charge is 2.41. The molecule has 184 valence electrons. The number of nitrogens with two attached hydrogens (primary N) is 1. The normalized spacial score (nSPS) is 22.9. The second-order valence-corrected chi connectivity index (χ2v) is 9.92. The molecule has 1 aliphatic rings. The van der Waals surface area contributed by atoms with Crippen molar-refractivity contribution in [3.8, 4) is 0 Å². The van der Waals surface area contributed by atoms with Gasteiger partial charge in [0, 0.05) is 29.8 Å². The first-order chi connectivity index (χ1) is 15.3. The van der Waals surface area contributed by atoms with Gasteiger partial charge in [0.15, 0.2) is 0 Å². The number of allylic oxidation sites excluding steroid dienone is 1. The van der Waals surface area contributed by atoms with Crippen LogP contribution in [0.15, 0.2) is 12.2 Å². The van der Waals surface area contributed by atoms with Gasteiger partial charge < -0.3 is 20.7 Å². The fourth-order valence-electron chi connectivity index (χ4n) is 4.09. The highest BCUT2D eigenvalue weighted by Crippen LogP contribution is 2.41. The van der Waals surface area contributed by atoms with E-state index in [1.807, 2.05) is 12.2 Å². The minimum absolute atomic E-state index is 0.0173. The van der Waals surface area contributed by atoms with Crippen LogP contribution in [0.5, 0.6) is 0 Å². The van der Waals surface area contributed by atoms with Gasteiger partial charge in [-0.3, -0.25) is 14.4 Å². The Morgan fingerprint density at radius 2 is 1.94 bits per heavy atom. The zero-order chi connectivity index (χ0) is 23.9. The number of carbonyl (C=O) groups is 3. The van der Waals surface area contributed by atoms with Gasteiger partial charge in [0.25, 0.3) is 0 Å². The summed E-state index contributed by atoms with van der Waals surface area (Å²) >= 11 is 1.45. The van der Waals surface area contributed by atoms with E-state index in [0.717, 1.165) is 51.4 Å². The van der Waals surface area contributed by atoms with Crippen LogP contribution < -0.4 is 5.73 Å². The largest absolute Gasteiger partial charge is 0.480 e. The van der Waals surface area contributed by atoms with Crippen LogP contribution in [0.3, 0.4) is 0 Å². The molecular weight excluding hydrogens is 430 g/mol. The molecule has 0 saturated heterocycles. The number of Topliss-reactive ketones (excluding diaryl/α,β-unsaturated/α-hetero) is 1. The molecule has 0 spiro atoms. The van der Waals surface area contributed by atoms with Crippen LogP contribution in [0.2, 0.25) is 0 Å². The molecule has 1 fully saturated rings. The molecule has 7 nitrogen and oxygen atoms in total. The standard InChI is InChI=1S/C24H41NO6S/c1-3-4-7-10-17(26)13-14-19-18(11-8-5-6-9-12-23(28)31-2)21(27)15-22(19)32-16-20(25)24(29)30/h13-14,17-20,22,26H,3-12,15-16,25H2,1-2H3,(H,29,30)/b14-13+/t17-,18+,19+,20?,22?/m0/s1. The number of hydrogen-bond acceptors (Lipinski definition) is 7. The number of methoxy groups -OCH3 is 1. The highest BCUT2D eigenvalue weighted by molar-refractivity contribution is 8.00. The number of aliphatic hydroxyl groups is 1. The number of carbonyl (C=O) groups excluding carboxylic acids is 2. The Hall–Kier alpha value is -1.38. The van der Waals surface area contributed by atoms with Gasteiger partial charge in [0.2, 0.25) is 0 Å². The van der Waals surface area contributed by atoms with Crippen molar-refractivity contribution in [3.63, 3.8) is 0 Å². The van der Waals surface area contributed by atoms with Gasteiger partial charge in [-0.1, -0.05) is 57.6 Å². The molecule has 0 amide bonds. The monoisotopic (exact) mass is 471 g/mol. The zero-order valence-electron chi connectivity index (χ0n) is 19.5. The number of thioether (sulfide) groups is 1. The van der Waals surface area contributed by atoms with Gasteiger partial charge in [-0.2, -0.15) is 11.8 Å².